The maximum Gasteiger partial charge on any atom is 0.265 e. The van der Waals surface area contributed by atoms with Gasteiger partial charge in [-0.05, 0) is 72.6 Å². The summed E-state index contributed by atoms with van der Waals surface area (Å²) in [4.78, 5) is 15.2. The van der Waals surface area contributed by atoms with Gasteiger partial charge in [-0.3, -0.25) is 4.79 Å². The number of nitrogens with one attached hydrogen (secondary N) is 1. The van der Waals surface area contributed by atoms with Crippen molar-refractivity contribution in [2.75, 3.05) is 23.3 Å². The Balaban J connectivity index is 2.08. The number of amides is 1. The molecule has 1 heterocycles. The molecule has 0 aliphatic carbocycles. The lowest BCUT2D eigenvalue weighted by atomic mass is 10.2. The molecular formula is C16H19BrN2OS. The molecule has 2 aromatic rings. The highest BCUT2D eigenvalue weighted by Gasteiger charge is 2.11. The van der Waals surface area contributed by atoms with Gasteiger partial charge < -0.3 is 10.2 Å². The van der Waals surface area contributed by atoms with Crippen molar-refractivity contribution in [3.8, 4) is 0 Å². The number of rotatable bonds is 5. The van der Waals surface area contributed by atoms with Crippen LogP contribution in [0, 0.1) is 6.92 Å². The molecule has 0 atom stereocenters. The maximum atomic E-state index is 12.2. The Labute approximate surface area is 138 Å². The smallest absolute Gasteiger partial charge is 0.265 e. The van der Waals surface area contributed by atoms with Crippen molar-refractivity contribution in [3.63, 3.8) is 0 Å². The molecule has 0 aliphatic heterocycles. The highest BCUT2D eigenvalue weighted by atomic mass is 79.9. The molecule has 0 saturated heterocycles. The highest BCUT2D eigenvalue weighted by Crippen LogP contribution is 2.28. The first kappa shape index (κ1) is 16.0. The van der Waals surface area contributed by atoms with E-state index in [0.29, 0.717) is 4.88 Å². The van der Waals surface area contributed by atoms with Crippen LogP contribution in [-0.4, -0.2) is 19.0 Å². The van der Waals surface area contributed by atoms with Crippen LogP contribution in [0.15, 0.2) is 34.1 Å². The molecule has 1 N–H and O–H groups in total. The summed E-state index contributed by atoms with van der Waals surface area (Å²) < 4.78 is 1.00. The number of thiophene rings is 1. The van der Waals surface area contributed by atoms with Gasteiger partial charge in [0.15, 0.2) is 0 Å². The van der Waals surface area contributed by atoms with Crippen molar-refractivity contribution in [2.24, 2.45) is 0 Å². The SMILES string of the molecule is CCN(CC)c1ccc(NC(=O)c2cc(C)c(Br)s2)cc1. The third kappa shape index (κ3) is 3.86. The van der Waals surface area contributed by atoms with Crippen molar-refractivity contribution in [1.29, 1.82) is 0 Å². The third-order valence-electron chi connectivity index (χ3n) is 3.33. The fourth-order valence-corrected chi connectivity index (χ4v) is 3.54. The van der Waals surface area contributed by atoms with Crippen LogP contribution in [0.25, 0.3) is 0 Å². The quantitative estimate of drug-likeness (QED) is 0.814. The zero-order valence-corrected chi connectivity index (χ0v) is 14.8. The second-order valence-electron chi connectivity index (χ2n) is 4.74. The molecule has 0 bridgehead atoms. The van der Waals surface area contributed by atoms with Gasteiger partial charge in [0, 0.05) is 24.5 Å². The van der Waals surface area contributed by atoms with Gasteiger partial charge in [0.1, 0.15) is 0 Å². The van der Waals surface area contributed by atoms with Crippen LogP contribution >= 0.6 is 27.3 Å². The lowest BCUT2D eigenvalue weighted by Crippen LogP contribution is -2.21. The largest absolute Gasteiger partial charge is 0.372 e. The number of nitrogens with zero attached hydrogens (tertiary/aromatic N) is 1. The number of halogens is 1. The molecule has 21 heavy (non-hydrogen) atoms. The van der Waals surface area contributed by atoms with Gasteiger partial charge in [0.05, 0.1) is 8.66 Å². The molecule has 3 nitrogen and oxygen atoms in total. The number of hydrogen-bond acceptors (Lipinski definition) is 3. The van der Waals surface area contributed by atoms with Gasteiger partial charge in [-0.25, -0.2) is 0 Å². The van der Waals surface area contributed by atoms with E-state index >= 15 is 0 Å². The molecule has 0 saturated carbocycles. The molecule has 1 aromatic heterocycles. The number of aryl methyl sites for hydroxylation is 1. The van der Waals surface area contributed by atoms with Crippen molar-refractivity contribution in [1.82, 2.24) is 0 Å². The average molecular weight is 367 g/mol. The Morgan fingerprint density at radius 2 is 1.86 bits per heavy atom. The maximum absolute atomic E-state index is 12.2. The van der Waals surface area contributed by atoms with Crippen LogP contribution in [-0.2, 0) is 0 Å². The van der Waals surface area contributed by atoms with E-state index in [9.17, 15) is 4.79 Å². The van der Waals surface area contributed by atoms with Crippen LogP contribution in [0.2, 0.25) is 0 Å². The van der Waals surface area contributed by atoms with Crippen molar-refractivity contribution in [2.45, 2.75) is 20.8 Å². The lowest BCUT2D eigenvalue weighted by molar-refractivity contribution is 0.103. The average Bonchev–Trinajstić information content (AvgIpc) is 2.82. The van der Waals surface area contributed by atoms with E-state index in [4.69, 9.17) is 0 Å². The minimum atomic E-state index is -0.0654. The first-order valence-corrected chi connectivity index (χ1v) is 8.58. The van der Waals surface area contributed by atoms with Gasteiger partial charge in [0.25, 0.3) is 5.91 Å². The van der Waals surface area contributed by atoms with E-state index in [1.54, 1.807) is 0 Å². The summed E-state index contributed by atoms with van der Waals surface area (Å²) in [6.45, 7) is 8.21. The molecule has 0 spiro atoms. The van der Waals surface area contributed by atoms with E-state index in [1.807, 2.05) is 37.3 Å². The molecule has 5 heteroatoms. The van der Waals surface area contributed by atoms with Gasteiger partial charge >= 0.3 is 0 Å². The van der Waals surface area contributed by atoms with Crippen LogP contribution in [0.3, 0.4) is 0 Å². The van der Waals surface area contributed by atoms with Crippen LogP contribution in [0.5, 0.6) is 0 Å². The summed E-state index contributed by atoms with van der Waals surface area (Å²) in [5.74, 6) is -0.0654. The molecule has 112 valence electrons. The second-order valence-corrected chi connectivity index (χ2v) is 7.11. The molecular weight excluding hydrogens is 348 g/mol. The first-order chi connectivity index (χ1) is 10.0. The highest BCUT2D eigenvalue weighted by molar-refractivity contribution is 9.11. The molecule has 2 rings (SSSR count). The minimum absolute atomic E-state index is 0.0654. The Morgan fingerprint density at radius 3 is 2.33 bits per heavy atom. The number of hydrogen-bond donors (Lipinski definition) is 1. The van der Waals surface area contributed by atoms with E-state index in [0.717, 1.165) is 28.1 Å². The van der Waals surface area contributed by atoms with Crippen molar-refractivity contribution in [3.05, 3.63) is 44.6 Å². The molecule has 0 radical (unpaired) electrons. The Hall–Kier alpha value is -1.33. The van der Waals surface area contributed by atoms with E-state index in [-0.39, 0.29) is 5.91 Å². The Bertz CT molecular complexity index is 598. The first-order valence-electron chi connectivity index (χ1n) is 6.97. The summed E-state index contributed by atoms with van der Waals surface area (Å²) in [5, 5.41) is 2.93. The Morgan fingerprint density at radius 1 is 1.24 bits per heavy atom. The predicted molar refractivity (Wildman–Crippen MR) is 94.7 cm³/mol. The van der Waals surface area contributed by atoms with Crippen LogP contribution < -0.4 is 10.2 Å². The van der Waals surface area contributed by atoms with Gasteiger partial charge in [-0.2, -0.15) is 0 Å². The molecule has 0 aliphatic rings. The van der Waals surface area contributed by atoms with Crippen molar-refractivity contribution < 1.29 is 4.79 Å². The minimum Gasteiger partial charge on any atom is -0.372 e. The van der Waals surface area contributed by atoms with E-state index in [2.05, 4.69) is 40.0 Å². The molecule has 1 amide bonds. The number of benzene rings is 1. The van der Waals surface area contributed by atoms with Crippen LogP contribution in [0.4, 0.5) is 11.4 Å². The van der Waals surface area contributed by atoms with E-state index < -0.39 is 0 Å². The zero-order valence-electron chi connectivity index (χ0n) is 12.4. The van der Waals surface area contributed by atoms with E-state index in [1.165, 1.54) is 17.0 Å². The number of carbonyl (C=O) groups is 1. The fraction of sp³-hybridized carbons (Fsp3) is 0.312. The summed E-state index contributed by atoms with van der Waals surface area (Å²) in [6.07, 6.45) is 0. The molecule has 0 fully saturated rings. The lowest BCUT2D eigenvalue weighted by Gasteiger charge is -2.21. The summed E-state index contributed by atoms with van der Waals surface area (Å²) in [6, 6.07) is 9.87. The third-order valence-corrected chi connectivity index (χ3v) is 5.47. The number of carbonyl (C=O) groups excluding carboxylic acids is 1. The number of anilines is 2. The second kappa shape index (κ2) is 7.09. The fourth-order valence-electron chi connectivity index (χ4n) is 2.11. The Kier molecular flexibility index (Phi) is 5.42. The molecule has 0 unspecified atom stereocenters. The van der Waals surface area contributed by atoms with Gasteiger partial charge in [0.2, 0.25) is 0 Å². The predicted octanol–water partition coefficient (Wildman–Crippen LogP) is 4.92. The monoisotopic (exact) mass is 366 g/mol. The summed E-state index contributed by atoms with van der Waals surface area (Å²) >= 11 is 4.90. The normalized spacial score (nSPS) is 10.5. The standard InChI is InChI=1S/C16H19BrN2OS/c1-4-19(5-2)13-8-6-12(7-9-13)18-16(20)14-10-11(3)15(17)21-14/h6-10H,4-5H2,1-3H3,(H,18,20). The summed E-state index contributed by atoms with van der Waals surface area (Å²) in [5.41, 5.74) is 3.08. The van der Waals surface area contributed by atoms with Crippen LogP contribution in [0.1, 0.15) is 29.1 Å². The van der Waals surface area contributed by atoms with Gasteiger partial charge in [-0.1, -0.05) is 0 Å². The topological polar surface area (TPSA) is 32.3 Å². The summed E-state index contributed by atoms with van der Waals surface area (Å²) in [7, 11) is 0. The van der Waals surface area contributed by atoms with Crippen molar-refractivity contribution >= 4 is 44.5 Å². The zero-order chi connectivity index (χ0) is 15.4. The van der Waals surface area contributed by atoms with Gasteiger partial charge in [-0.15, -0.1) is 11.3 Å². The molecule has 1 aromatic carbocycles.